The van der Waals surface area contributed by atoms with Crippen LogP contribution >= 0.6 is 0 Å². The Morgan fingerprint density at radius 3 is 1.31 bits per heavy atom. The quantitative estimate of drug-likeness (QED) is 0.0322. The number of hydrogen-bond donors (Lipinski definition) is 3. The number of allylic oxidation sites excluding steroid dienone is 18. The van der Waals surface area contributed by atoms with Crippen molar-refractivity contribution in [3.05, 3.63) is 109 Å². The largest absolute Gasteiger partial charge is 0.462 e. The second kappa shape index (κ2) is 50.5. The first-order valence-corrected chi connectivity index (χ1v) is 26.2. The number of rotatable bonds is 45. The van der Waals surface area contributed by atoms with Crippen LogP contribution in [-0.2, 0) is 14.3 Å². The van der Waals surface area contributed by atoms with Gasteiger partial charge in [-0.2, -0.15) is 0 Å². The minimum absolute atomic E-state index is 0.0123. The van der Waals surface area contributed by atoms with Gasteiger partial charge in [-0.3, -0.25) is 9.59 Å². The van der Waals surface area contributed by atoms with Crippen LogP contribution < -0.4 is 5.32 Å². The van der Waals surface area contributed by atoms with Crippen molar-refractivity contribution in [2.24, 2.45) is 0 Å². The third-order valence-corrected chi connectivity index (χ3v) is 11.3. The summed E-state index contributed by atoms with van der Waals surface area (Å²) in [4.78, 5) is 26.1. The maximum Gasteiger partial charge on any atom is 0.306 e. The van der Waals surface area contributed by atoms with Gasteiger partial charge in [0, 0.05) is 6.42 Å². The Labute approximate surface area is 394 Å². The molecule has 3 N–H and O–H groups in total. The van der Waals surface area contributed by atoms with Gasteiger partial charge in [0.1, 0.15) is 6.10 Å². The van der Waals surface area contributed by atoms with Gasteiger partial charge in [-0.15, -0.1) is 0 Å². The number of amides is 1. The lowest BCUT2D eigenvalue weighted by Crippen LogP contribution is -2.46. The van der Waals surface area contributed by atoms with Gasteiger partial charge < -0.3 is 20.3 Å². The summed E-state index contributed by atoms with van der Waals surface area (Å²) in [5.41, 5.74) is 0. The van der Waals surface area contributed by atoms with Crippen LogP contribution in [0.4, 0.5) is 0 Å². The van der Waals surface area contributed by atoms with Crippen molar-refractivity contribution in [1.29, 1.82) is 0 Å². The van der Waals surface area contributed by atoms with E-state index in [-0.39, 0.29) is 24.9 Å². The van der Waals surface area contributed by atoms with Crippen LogP contribution in [0.25, 0.3) is 0 Å². The van der Waals surface area contributed by atoms with E-state index >= 15 is 0 Å². The van der Waals surface area contributed by atoms with E-state index in [1.165, 1.54) is 89.9 Å². The molecule has 0 bridgehead atoms. The van der Waals surface area contributed by atoms with Crippen LogP contribution in [-0.4, -0.2) is 46.9 Å². The van der Waals surface area contributed by atoms with Crippen molar-refractivity contribution in [3.63, 3.8) is 0 Å². The molecule has 0 aromatic carbocycles. The minimum atomic E-state index is -0.818. The maximum atomic E-state index is 13.2. The van der Waals surface area contributed by atoms with Crippen LogP contribution in [0.3, 0.4) is 0 Å². The number of carbonyl (C=O) groups is 2. The molecule has 0 saturated carbocycles. The Kier molecular flexibility index (Phi) is 47.8. The van der Waals surface area contributed by atoms with Crippen molar-refractivity contribution in [3.8, 4) is 0 Å². The average Bonchev–Trinajstić information content (AvgIpc) is 3.29. The Bertz CT molecular complexity index is 1320. The Morgan fingerprint density at radius 1 is 0.469 bits per heavy atom. The molecule has 0 spiro atoms. The van der Waals surface area contributed by atoms with Crippen LogP contribution in [0.15, 0.2) is 109 Å². The summed E-state index contributed by atoms with van der Waals surface area (Å²) >= 11 is 0. The summed E-state index contributed by atoms with van der Waals surface area (Å²) in [6.07, 6.45) is 68.7. The lowest BCUT2D eigenvalue weighted by Gasteiger charge is -2.24. The number of nitrogens with one attached hydrogen (secondary N) is 1. The topological polar surface area (TPSA) is 95.9 Å². The standard InChI is InChI=1S/C58H97NO5/c1-4-7-10-13-16-19-22-25-27-28-30-32-35-38-41-44-47-50-56(61)55(53-60)59-57(62)52-54(49-46-43-40-37-34-31-24-21-18-15-12-9-6-3)64-58(63)51-48-45-42-39-36-33-29-26-23-20-17-14-11-8-5-2/h8-9,11-12,14-15,17-18,20-21,23-24,26,29,31,34,37,40,54-56,60-61H,4-7,10,13,16,19,22,25,27-28,30,32-33,35-36,38-39,41-53H2,1-3H3,(H,59,62)/b11-8+,12-9+,17-14+,18-15+,23-20+,24-21-,29-26-,34-31-,40-37+. The number of esters is 1. The summed E-state index contributed by atoms with van der Waals surface area (Å²) in [5.74, 6) is -0.582. The molecule has 3 unspecified atom stereocenters. The second-order valence-electron chi connectivity index (χ2n) is 17.4. The molecule has 64 heavy (non-hydrogen) atoms. The number of unbranched alkanes of at least 4 members (excludes halogenated alkanes) is 22. The maximum absolute atomic E-state index is 13.2. The Morgan fingerprint density at radius 2 is 0.859 bits per heavy atom. The van der Waals surface area contributed by atoms with Gasteiger partial charge in [0.25, 0.3) is 0 Å². The predicted octanol–water partition coefficient (Wildman–Crippen LogP) is 15.9. The lowest BCUT2D eigenvalue weighted by molar-refractivity contribution is -0.151. The van der Waals surface area contributed by atoms with E-state index in [1.807, 2.05) is 66.8 Å². The molecular weight excluding hydrogens is 791 g/mol. The molecule has 364 valence electrons. The molecule has 0 saturated heterocycles. The molecule has 0 aromatic heterocycles. The van der Waals surface area contributed by atoms with Crippen molar-refractivity contribution >= 4 is 11.9 Å². The van der Waals surface area contributed by atoms with Crippen molar-refractivity contribution < 1.29 is 24.5 Å². The van der Waals surface area contributed by atoms with E-state index in [9.17, 15) is 19.8 Å². The van der Waals surface area contributed by atoms with Gasteiger partial charge in [0.05, 0.1) is 25.2 Å². The molecule has 6 nitrogen and oxygen atoms in total. The van der Waals surface area contributed by atoms with Gasteiger partial charge in [0.15, 0.2) is 0 Å². The first-order valence-electron chi connectivity index (χ1n) is 26.2. The average molecular weight is 888 g/mol. The first-order chi connectivity index (χ1) is 31.5. The van der Waals surface area contributed by atoms with Gasteiger partial charge in [-0.05, 0) is 57.8 Å². The fourth-order valence-corrected chi connectivity index (χ4v) is 7.41. The van der Waals surface area contributed by atoms with E-state index in [4.69, 9.17) is 4.74 Å². The number of carbonyl (C=O) groups excluding carboxylic acids is 2. The van der Waals surface area contributed by atoms with Crippen molar-refractivity contribution in [2.45, 2.75) is 238 Å². The summed E-state index contributed by atoms with van der Waals surface area (Å²) in [6, 6.07) is -0.737. The van der Waals surface area contributed by atoms with Crippen LogP contribution in [0.5, 0.6) is 0 Å². The van der Waals surface area contributed by atoms with Crippen LogP contribution in [0, 0.1) is 0 Å². The molecule has 0 aliphatic rings. The summed E-state index contributed by atoms with van der Waals surface area (Å²) in [5, 5.41) is 23.8. The Hall–Kier alpha value is -3.48. The van der Waals surface area contributed by atoms with Crippen molar-refractivity contribution in [1.82, 2.24) is 5.32 Å². The second-order valence-corrected chi connectivity index (χ2v) is 17.4. The monoisotopic (exact) mass is 888 g/mol. The fourth-order valence-electron chi connectivity index (χ4n) is 7.41. The molecule has 1 amide bonds. The van der Waals surface area contributed by atoms with Crippen LogP contribution in [0.2, 0.25) is 0 Å². The molecule has 0 fully saturated rings. The molecule has 3 atom stereocenters. The third-order valence-electron chi connectivity index (χ3n) is 11.3. The summed E-state index contributed by atoms with van der Waals surface area (Å²) in [6.45, 7) is 6.17. The highest BCUT2D eigenvalue weighted by Gasteiger charge is 2.24. The molecule has 0 aliphatic heterocycles. The number of aliphatic hydroxyl groups excluding tert-OH is 2. The number of hydrogen-bond acceptors (Lipinski definition) is 5. The molecule has 0 rings (SSSR count). The van der Waals surface area contributed by atoms with E-state index in [2.05, 4.69) is 68.6 Å². The van der Waals surface area contributed by atoms with Crippen LogP contribution in [0.1, 0.15) is 220 Å². The number of ether oxygens (including phenoxy) is 1. The third kappa shape index (κ3) is 45.1. The zero-order valence-electron chi connectivity index (χ0n) is 41.4. The summed E-state index contributed by atoms with van der Waals surface area (Å²) in [7, 11) is 0. The number of aliphatic hydroxyl groups is 2. The zero-order chi connectivity index (χ0) is 46.7. The molecule has 0 heterocycles. The van der Waals surface area contributed by atoms with Gasteiger partial charge in [0.2, 0.25) is 5.91 Å². The van der Waals surface area contributed by atoms with E-state index in [0.29, 0.717) is 19.3 Å². The fraction of sp³-hybridized carbons (Fsp3) is 0.655. The molecule has 0 radical (unpaired) electrons. The zero-order valence-corrected chi connectivity index (χ0v) is 41.4. The highest BCUT2D eigenvalue weighted by Crippen LogP contribution is 2.17. The predicted molar refractivity (Wildman–Crippen MR) is 277 cm³/mol. The van der Waals surface area contributed by atoms with Gasteiger partial charge >= 0.3 is 5.97 Å². The van der Waals surface area contributed by atoms with Crippen molar-refractivity contribution in [2.75, 3.05) is 6.61 Å². The molecular formula is C58H97NO5. The summed E-state index contributed by atoms with van der Waals surface area (Å²) < 4.78 is 5.88. The van der Waals surface area contributed by atoms with E-state index < -0.39 is 18.2 Å². The molecule has 0 aliphatic carbocycles. The normalized spacial score (nSPS) is 14.1. The lowest BCUT2D eigenvalue weighted by atomic mass is 10.0. The highest BCUT2D eigenvalue weighted by atomic mass is 16.5. The highest BCUT2D eigenvalue weighted by molar-refractivity contribution is 5.77. The minimum Gasteiger partial charge on any atom is -0.462 e. The SMILES string of the molecule is CC/C=C/C=C/C=C\C=C/C=C/CCCC(CC(=O)NC(CO)C(O)CCCCCCCCCCCCCCCCCCC)OC(=O)CCCCCCC\C=C/C=C/C=C/C=C/CC. The molecule has 6 heteroatoms. The smallest absolute Gasteiger partial charge is 0.306 e. The first kappa shape index (κ1) is 60.5. The van der Waals surface area contributed by atoms with Gasteiger partial charge in [-0.1, -0.05) is 259 Å². The molecule has 0 aromatic rings. The van der Waals surface area contributed by atoms with E-state index in [0.717, 1.165) is 83.5 Å². The van der Waals surface area contributed by atoms with Gasteiger partial charge in [-0.25, -0.2) is 0 Å². The Balaban J connectivity index is 4.67. The van der Waals surface area contributed by atoms with E-state index in [1.54, 1.807) is 0 Å².